The second kappa shape index (κ2) is 10.3. The van der Waals surface area contributed by atoms with Gasteiger partial charge in [0.15, 0.2) is 6.10 Å². The van der Waals surface area contributed by atoms with Crippen molar-refractivity contribution in [2.45, 2.75) is 13.0 Å². The molecular formula is C19H19N3O7S. The van der Waals surface area contributed by atoms with E-state index in [4.69, 9.17) is 4.74 Å². The molecule has 11 heteroatoms. The Kier molecular flexibility index (Phi) is 7.78. The standard InChI is InChI=1S/C19H19N3O7S/c1-14(19(24)21-16-7-9-17(10-8-16)22(25)26)29-18(23)13-20-30(27,28)12-11-15-5-3-2-4-6-15/h2-12,14,20H,13H2,1H3,(H,21,24)/b12-11+. The van der Waals surface area contributed by atoms with Gasteiger partial charge in [0.05, 0.1) is 4.92 Å². The first-order chi connectivity index (χ1) is 14.2. The van der Waals surface area contributed by atoms with E-state index in [9.17, 15) is 28.1 Å². The highest BCUT2D eigenvalue weighted by molar-refractivity contribution is 7.92. The zero-order valence-corrected chi connectivity index (χ0v) is 16.7. The molecule has 0 spiro atoms. The highest BCUT2D eigenvalue weighted by Gasteiger charge is 2.19. The van der Waals surface area contributed by atoms with Crippen LogP contribution in [0.15, 0.2) is 60.0 Å². The van der Waals surface area contributed by atoms with Gasteiger partial charge in [-0.1, -0.05) is 30.3 Å². The van der Waals surface area contributed by atoms with E-state index in [1.807, 2.05) is 0 Å². The predicted molar refractivity (Wildman–Crippen MR) is 110 cm³/mol. The number of carbonyl (C=O) groups excluding carboxylic acids is 2. The van der Waals surface area contributed by atoms with E-state index in [1.165, 1.54) is 37.3 Å². The number of ether oxygens (including phenoxy) is 1. The number of sulfonamides is 1. The molecular weight excluding hydrogens is 414 g/mol. The van der Waals surface area contributed by atoms with E-state index in [-0.39, 0.29) is 11.4 Å². The van der Waals surface area contributed by atoms with Crippen molar-refractivity contribution in [2.75, 3.05) is 11.9 Å². The monoisotopic (exact) mass is 433 g/mol. The summed E-state index contributed by atoms with van der Waals surface area (Å²) in [5.41, 5.74) is 0.809. The van der Waals surface area contributed by atoms with E-state index in [0.717, 1.165) is 5.41 Å². The van der Waals surface area contributed by atoms with E-state index in [2.05, 4.69) is 10.0 Å². The number of hydrogen-bond acceptors (Lipinski definition) is 7. The number of benzene rings is 2. The molecule has 0 aliphatic rings. The van der Waals surface area contributed by atoms with Crippen molar-refractivity contribution in [1.29, 1.82) is 0 Å². The third kappa shape index (κ3) is 7.45. The molecule has 0 aromatic heterocycles. The molecule has 10 nitrogen and oxygen atoms in total. The summed E-state index contributed by atoms with van der Waals surface area (Å²) in [6, 6.07) is 13.8. The molecule has 0 bridgehead atoms. The van der Waals surface area contributed by atoms with E-state index in [1.54, 1.807) is 30.3 Å². The van der Waals surface area contributed by atoms with E-state index >= 15 is 0 Å². The first kappa shape index (κ1) is 22.7. The molecule has 0 saturated carbocycles. The van der Waals surface area contributed by atoms with Gasteiger partial charge in [-0.15, -0.1) is 0 Å². The molecule has 0 radical (unpaired) electrons. The smallest absolute Gasteiger partial charge is 0.321 e. The minimum atomic E-state index is -3.88. The van der Waals surface area contributed by atoms with Crippen molar-refractivity contribution in [3.05, 3.63) is 75.7 Å². The molecule has 1 unspecified atom stereocenters. The molecule has 0 aliphatic heterocycles. The molecule has 0 fully saturated rings. The van der Waals surface area contributed by atoms with Gasteiger partial charge in [-0.05, 0) is 30.7 Å². The molecule has 2 rings (SSSR count). The maximum absolute atomic E-state index is 12.1. The quantitative estimate of drug-likeness (QED) is 0.350. The number of esters is 1. The summed E-state index contributed by atoms with van der Waals surface area (Å²) in [5.74, 6) is -1.62. The first-order valence-corrected chi connectivity index (χ1v) is 10.2. The average molecular weight is 433 g/mol. The van der Waals surface area contributed by atoms with Crippen LogP contribution in [0.5, 0.6) is 0 Å². The number of nitrogens with one attached hydrogen (secondary N) is 2. The van der Waals surface area contributed by atoms with E-state index < -0.39 is 39.5 Å². The lowest BCUT2D eigenvalue weighted by molar-refractivity contribution is -0.384. The third-order valence-corrected chi connectivity index (χ3v) is 4.72. The number of nitrogens with zero attached hydrogens (tertiary/aromatic N) is 1. The van der Waals surface area contributed by atoms with Crippen LogP contribution in [0.1, 0.15) is 12.5 Å². The van der Waals surface area contributed by atoms with Gasteiger partial charge in [-0.3, -0.25) is 19.7 Å². The Morgan fingerprint density at radius 1 is 1.13 bits per heavy atom. The van der Waals surface area contributed by atoms with Crippen LogP contribution in [0.4, 0.5) is 11.4 Å². The lowest BCUT2D eigenvalue weighted by Crippen LogP contribution is -2.35. The number of amides is 1. The molecule has 0 aliphatic carbocycles. The Hall–Kier alpha value is -3.57. The van der Waals surface area contributed by atoms with Crippen LogP contribution in [0.2, 0.25) is 0 Å². The van der Waals surface area contributed by atoms with Crippen molar-refractivity contribution < 1.29 is 27.7 Å². The number of hydrogen-bond donors (Lipinski definition) is 2. The average Bonchev–Trinajstić information content (AvgIpc) is 2.72. The normalized spacial score (nSPS) is 12.3. The lowest BCUT2D eigenvalue weighted by Gasteiger charge is -2.13. The summed E-state index contributed by atoms with van der Waals surface area (Å²) in [7, 11) is -3.88. The van der Waals surface area contributed by atoms with Crippen molar-refractivity contribution in [2.24, 2.45) is 0 Å². The van der Waals surface area contributed by atoms with Gasteiger partial charge >= 0.3 is 5.97 Å². The summed E-state index contributed by atoms with van der Waals surface area (Å²) in [6.45, 7) is 0.652. The Morgan fingerprint density at radius 2 is 1.77 bits per heavy atom. The predicted octanol–water partition coefficient (Wildman–Crippen LogP) is 2.06. The van der Waals surface area contributed by atoms with Gasteiger partial charge in [0.1, 0.15) is 6.54 Å². The Balaban J connectivity index is 1.82. The fourth-order valence-corrected chi connectivity index (χ4v) is 2.89. The van der Waals surface area contributed by atoms with Crippen molar-refractivity contribution >= 4 is 39.4 Å². The van der Waals surface area contributed by atoms with Gasteiger partial charge < -0.3 is 10.1 Å². The van der Waals surface area contributed by atoms with Crippen LogP contribution in [0.3, 0.4) is 0 Å². The van der Waals surface area contributed by atoms with Gasteiger partial charge in [-0.25, -0.2) is 13.1 Å². The summed E-state index contributed by atoms with van der Waals surface area (Å²) in [5, 5.41) is 14.0. The summed E-state index contributed by atoms with van der Waals surface area (Å²) in [4.78, 5) is 33.9. The van der Waals surface area contributed by atoms with Gasteiger partial charge in [0, 0.05) is 23.2 Å². The number of rotatable bonds is 9. The van der Waals surface area contributed by atoms with Gasteiger partial charge in [0.25, 0.3) is 11.6 Å². The van der Waals surface area contributed by atoms with Crippen LogP contribution < -0.4 is 10.0 Å². The Morgan fingerprint density at radius 3 is 2.37 bits per heavy atom. The van der Waals surface area contributed by atoms with Gasteiger partial charge in [0.2, 0.25) is 10.0 Å². The fraction of sp³-hybridized carbons (Fsp3) is 0.158. The highest BCUT2D eigenvalue weighted by atomic mass is 32.2. The number of anilines is 1. The second-order valence-corrected chi connectivity index (χ2v) is 7.66. The number of non-ortho nitro benzene ring substituents is 1. The summed E-state index contributed by atoms with van der Waals surface area (Å²) in [6.07, 6.45) is 0.158. The molecule has 1 amide bonds. The largest absolute Gasteiger partial charge is 0.452 e. The van der Waals surface area contributed by atoms with Crippen molar-refractivity contribution in [1.82, 2.24) is 4.72 Å². The van der Waals surface area contributed by atoms with Gasteiger partial charge in [-0.2, -0.15) is 0 Å². The van der Waals surface area contributed by atoms with Crippen LogP contribution in [-0.2, 0) is 24.3 Å². The number of carbonyl (C=O) groups is 2. The second-order valence-electron chi connectivity index (χ2n) is 6.00. The third-order valence-electron chi connectivity index (χ3n) is 3.68. The minimum Gasteiger partial charge on any atom is -0.452 e. The molecule has 1 atom stereocenters. The lowest BCUT2D eigenvalue weighted by atomic mass is 10.2. The van der Waals surface area contributed by atoms with Crippen molar-refractivity contribution in [3.8, 4) is 0 Å². The SMILES string of the molecule is CC(OC(=O)CNS(=O)(=O)/C=C/c1ccccc1)C(=O)Nc1ccc([N+](=O)[O-])cc1. The van der Waals surface area contributed by atoms with Crippen molar-refractivity contribution in [3.63, 3.8) is 0 Å². The minimum absolute atomic E-state index is 0.138. The number of nitro groups is 1. The van der Waals surface area contributed by atoms with Crippen LogP contribution >= 0.6 is 0 Å². The maximum Gasteiger partial charge on any atom is 0.321 e. The van der Waals surface area contributed by atoms with Crippen LogP contribution in [0.25, 0.3) is 6.08 Å². The molecule has 0 saturated heterocycles. The highest BCUT2D eigenvalue weighted by Crippen LogP contribution is 2.15. The zero-order chi connectivity index (χ0) is 22.1. The molecule has 2 aromatic rings. The number of nitro benzene ring substituents is 1. The Bertz CT molecular complexity index is 1040. The van der Waals surface area contributed by atoms with Crippen LogP contribution in [-0.4, -0.2) is 37.9 Å². The summed E-state index contributed by atoms with van der Waals surface area (Å²) < 4.78 is 30.8. The zero-order valence-electron chi connectivity index (χ0n) is 15.8. The fourth-order valence-electron chi connectivity index (χ4n) is 2.14. The molecule has 30 heavy (non-hydrogen) atoms. The molecule has 2 N–H and O–H groups in total. The molecule has 158 valence electrons. The Labute approximate surface area is 172 Å². The van der Waals surface area contributed by atoms with Crippen LogP contribution in [0, 0.1) is 10.1 Å². The van der Waals surface area contributed by atoms with E-state index in [0.29, 0.717) is 5.56 Å². The topological polar surface area (TPSA) is 145 Å². The summed E-state index contributed by atoms with van der Waals surface area (Å²) >= 11 is 0. The maximum atomic E-state index is 12.1. The molecule has 0 heterocycles. The molecule has 2 aromatic carbocycles. The first-order valence-electron chi connectivity index (χ1n) is 8.64.